The smallest absolute Gasteiger partial charge is 0.370 e. The Morgan fingerprint density at radius 1 is 0.810 bits per heavy atom. The van der Waals surface area contributed by atoms with Crippen LogP contribution in [0.2, 0.25) is 0 Å². The van der Waals surface area contributed by atoms with Crippen LogP contribution in [0.15, 0.2) is 60.7 Å². The number of alkyl halides is 7. The maximum absolute atomic E-state index is 15.7. The molecule has 0 unspecified atom stereocenters. The van der Waals surface area contributed by atoms with Crippen molar-refractivity contribution in [3.8, 4) is 0 Å². The number of benzene rings is 3. The van der Waals surface area contributed by atoms with Crippen molar-refractivity contribution in [2.45, 2.75) is 44.7 Å². The molecule has 0 aliphatic carbocycles. The van der Waals surface area contributed by atoms with Crippen molar-refractivity contribution in [1.29, 1.82) is 0 Å². The lowest BCUT2D eigenvalue weighted by molar-refractivity contribution is -0.348. The number of anilines is 1. The van der Waals surface area contributed by atoms with E-state index in [9.17, 15) is 45.1 Å². The predicted molar refractivity (Wildman–Crippen MR) is 137 cm³/mol. The molecule has 5 nitrogen and oxygen atoms in total. The van der Waals surface area contributed by atoms with E-state index >= 15 is 4.39 Å². The van der Waals surface area contributed by atoms with Gasteiger partial charge in [0.1, 0.15) is 0 Å². The molecule has 0 radical (unpaired) electrons. The number of halogens is 8. The second-order valence-corrected chi connectivity index (χ2v) is 9.52. The molecule has 3 aromatic rings. The lowest BCUT2D eigenvalue weighted by atomic mass is 9.87. The summed E-state index contributed by atoms with van der Waals surface area (Å²) < 4.78 is 110. The monoisotopic (exact) mass is 600 g/mol. The molecule has 0 fully saturated rings. The minimum absolute atomic E-state index is 0.0359. The van der Waals surface area contributed by atoms with E-state index in [-0.39, 0.29) is 40.9 Å². The first kappa shape index (κ1) is 32.2. The summed E-state index contributed by atoms with van der Waals surface area (Å²) in [5.41, 5.74) is -3.46. The molecule has 0 heterocycles. The number of amides is 2. The summed E-state index contributed by atoms with van der Waals surface area (Å²) in [4.78, 5) is 38.7. The quantitative estimate of drug-likeness (QED) is 0.220. The Balaban J connectivity index is 2.01. The van der Waals surface area contributed by atoms with Gasteiger partial charge in [0.25, 0.3) is 5.91 Å². The van der Waals surface area contributed by atoms with Crippen molar-refractivity contribution in [2.24, 2.45) is 5.73 Å². The van der Waals surface area contributed by atoms with Crippen molar-refractivity contribution in [2.75, 3.05) is 11.4 Å². The van der Waals surface area contributed by atoms with Crippen molar-refractivity contribution in [3.05, 3.63) is 99.9 Å². The number of primary amides is 1. The largest absolute Gasteiger partial charge is 0.435 e. The van der Waals surface area contributed by atoms with Gasteiger partial charge in [-0.05, 0) is 54.8 Å². The minimum atomic E-state index is -6.32. The van der Waals surface area contributed by atoms with Gasteiger partial charge in [0.2, 0.25) is 5.91 Å². The lowest BCUT2D eigenvalue weighted by Crippen LogP contribution is -2.50. The van der Waals surface area contributed by atoms with Gasteiger partial charge in [-0.2, -0.15) is 26.3 Å². The Morgan fingerprint density at radius 2 is 1.36 bits per heavy atom. The third-order valence-electron chi connectivity index (χ3n) is 6.63. The van der Waals surface area contributed by atoms with Crippen molar-refractivity contribution < 1.29 is 49.5 Å². The SMILES string of the molecule is Cc1cc(C(F)(C(F)(F)F)C(F)(F)F)cc(C)c1CC(=O)c1cccc(N(CCC(N)=O)C(=O)c2ccccc2)c1F. The summed E-state index contributed by atoms with van der Waals surface area (Å²) in [6.45, 7) is 1.87. The normalized spacial score (nSPS) is 12.2. The molecule has 2 amide bonds. The molecule has 0 atom stereocenters. The molecule has 0 spiro atoms. The Bertz CT molecular complexity index is 1460. The number of nitrogens with two attached hydrogens (primary N) is 1. The summed E-state index contributed by atoms with van der Waals surface area (Å²) in [6.07, 6.45) is -13.6. The van der Waals surface area contributed by atoms with E-state index in [0.29, 0.717) is 12.1 Å². The average Bonchev–Trinajstić information content (AvgIpc) is 2.89. The van der Waals surface area contributed by atoms with Crippen LogP contribution >= 0.6 is 0 Å². The zero-order valence-corrected chi connectivity index (χ0v) is 22.2. The highest BCUT2D eigenvalue weighted by Crippen LogP contribution is 2.53. The zero-order chi connectivity index (χ0) is 31.6. The van der Waals surface area contributed by atoms with Gasteiger partial charge in [0.15, 0.2) is 11.6 Å². The maximum Gasteiger partial charge on any atom is 0.435 e. The first-order valence-electron chi connectivity index (χ1n) is 12.3. The van der Waals surface area contributed by atoms with E-state index < -0.39 is 59.0 Å². The Hall–Kier alpha value is -4.29. The summed E-state index contributed by atoms with van der Waals surface area (Å²) in [5.74, 6) is -3.56. The number of carbonyl (C=O) groups excluding carboxylic acids is 3. The molecule has 0 aliphatic heterocycles. The molecule has 2 N–H and O–H groups in total. The van der Waals surface area contributed by atoms with Gasteiger partial charge in [-0.25, -0.2) is 8.78 Å². The number of carbonyl (C=O) groups is 3. The van der Waals surface area contributed by atoms with E-state index in [0.717, 1.165) is 24.8 Å². The van der Waals surface area contributed by atoms with Crippen LogP contribution in [0.1, 0.15) is 49.4 Å². The standard InChI is InChI=1S/C29H24F8N2O3/c1-16-13-19(27(31,28(32,33)34)29(35,36)37)14-17(2)21(16)15-23(40)20-9-6-10-22(25(20)30)39(12-11-24(38)41)26(42)18-7-4-3-5-8-18/h3-10,13-14H,11-12,15H2,1-2H3,(H2,38,41). The van der Waals surface area contributed by atoms with Crippen LogP contribution in [0.25, 0.3) is 0 Å². The highest BCUT2D eigenvalue weighted by molar-refractivity contribution is 6.07. The number of rotatable bonds is 9. The predicted octanol–water partition coefficient (Wildman–Crippen LogP) is 6.68. The number of Topliss-reactive ketones (excluding diaryl/α,β-unsaturated/α-hetero) is 1. The Kier molecular flexibility index (Phi) is 9.13. The number of aryl methyl sites for hydroxylation is 2. The molecular formula is C29H24F8N2O3. The zero-order valence-electron chi connectivity index (χ0n) is 22.2. The summed E-state index contributed by atoms with van der Waals surface area (Å²) in [6, 6.07) is 11.9. The number of hydrogen-bond donors (Lipinski definition) is 1. The van der Waals surface area contributed by atoms with Gasteiger partial charge in [-0.15, -0.1) is 0 Å². The van der Waals surface area contributed by atoms with Gasteiger partial charge < -0.3 is 10.6 Å². The van der Waals surface area contributed by atoms with Crippen LogP contribution in [-0.4, -0.2) is 36.5 Å². The van der Waals surface area contributed by atoms with E-state index in [2.05, 4.69) is 0 Å². The maximum atomic E-state index is 15.7. The van der Waals surface area contributed by atoms with Crippen molar-refractivity contribution in [1.82, 2.24) is 0 Å². The van der Waals surface area contributed by atoms with Gasteiger partial charge >= 0.3 is 18.0 Å². The molecule has 0 saturated heterocycles. The molecular weight excluding hydrogens is 576 g/mol. The molecule has 13 heteroatoms. The number of ketones is 1. The van der Waals surface area contributed by atoms with Crippen LogP contribution in [-0.2, 0) is 16.9 Å². The van der Waals surface area contributed by atoms with Crippen molar-refractivity contribution >= 4 is 23.3 Å². The van der Waals surface area contributed by atoms with Gasteiger partial charge in [-0.1, -0.05) is 36.4 Å². The minimum Gasteiger partial charge on any atom is -0.370 e. The van der Waals surface area contributed by atoms with Crippen LogP contribution in [0, 0.1) is 19.7 Å². The second-order valence-electron chi connectivity index (χ2n) is 9.52. The van der Waals surface area contributed by atoms with E-state index in [1.165, 1.54) is 24.3 Å². The molecule has 224 valence electrons. The van der Waals surface area contributed by atoms with Crippen LogP contribution in [0.3, 0.4) is 0 Å². The van der Waals surface area contributed by atoms with Crippen LogP contribution in [0.5, 0.6) is 0 Å². The van der Waals surface area contributed by atoms with Gasteiger partial charge in [-0.3, -0.25) is 14.4 Å². The van der Waals surface area contributed by atoms with Crippen LogP contribution < -0.4 is 10.6 Å². The number of nitrogens with zero attached hydrogens (tertiary/aromatic N) is 1. The molecule has 3 aromatic carbocycles. The Morgan fingerprint density at radius 3 is 1.86 bits per heavy atom. The highest BCUT2D eigenvalue weighted by atomic mass is 19.4. The first-order valence-corrected chi connectivity index (χ1v) is 12.3. The summed E-state index contributed by atoms with van der Waals surface area (Å²) in [5, 5.41) is 0. The lowest BCUT2D eigenvalue weighted by Gasteiger charge is -2.31. The van der Waals surface area contributed by atoms with Gasteiger partial charge in [0.05, 0.1) is 11.3 Å². The molecule has 0 saturated carbocycles. The van der Waals surface area contributed by atoms with E-state index in [1.807, 2.05) is 0 Å². The molecule has 0 bridgehead atoms. The van der Waals surface area contributed by atoms with Crippen LogP contribution in [0.4, 0.5) is 40.8 Å². The fraction of sp³-hybridized carbons (Fsp3) is 0.276. The number of hydrogen-bond acceptors (Lipinski definition) is 3. The third-order valence-corrected chi connectivity index (χ3v) is 6.63. The average molecular weight is 601 g/mol. The topological polar surface area (TPSA) is 80.5 Å². The molecule has 42 heavy (non-hydrogen) atoms. The third kappa shape index (κ3) is 6.29. The molecule has 3 rings (SSSR count). The van der Waals surface area contributed by atoms with Gasteiger partial charge in [0, 0.05) is 30.5 Å². The molecule has 0 aromatic heterocycles. The summed E-state index contributed by atoms with van der Waals surface area (Å²) in [7, 11) is 0. The fourth-order valence-electron chi connectivity index (χ4n) is 4.45. The second kappa shape index (κ2) is 11.9. The fourth-order valence-corrected chi connectivity index (χ4v) is 4.45. The van der Waals surface area contributed by atoms with E-state index in [1.54, 1.807) is 18.2 Å². The van der Waals surface area contributed by atoms with Crippen molar-refractivity contribution in [3.63, 3.8) is 0 Å². The molecule has 0 aliphatic rings. The Labute approximate surface area is 234 Å². The first-order chi connectivity index (χ1) is 19.4. The summed E-state index contributed by atoms with van der Waals surface area (Å²) >= 11 is 0. The highest BCUT2D eigenvalue weighted by Gasteiger charge is 2.73. The van der Waals surface area contributed by atoms with E-state index in [4.69, 9.17) is 5.73 Å².